The molecule has 1 amide bonds. The second kappa shape index (κ2) is 2.73. The van der Waals surface area contributed by atoms with E-state index >= 15 is 0 Å². The van der Waals surface area contributed by atoms with Crippen molar-refractivity contribution in [1.82, 2.24) is 5.32 Å². The lowest BCUT2D eigenvalue weighted by Crippen LogP contribution is -2.37. The van der Waals surface area contributed by atoms with Gasteiger partial charge in [0.25, 0.3) is 0 Å². The van der Waals surface area contributed by atoms with Gasteiger partial charge in [-0.3, -0.25) is 0 Å². The van der Waals surface area contributed by atoms with E-state index in [1.807, 2.05) is 31.4 Å². The lowest BCUT2D eigenvalue weighted by molar-refractivity contribution is 0.120. The summed E-state index contributed by atoms with van der Waals surface area (Å²) < 4.78 is 5.18. The van der Waals surface area contributed by atoms with Gasteiger partial charge >= 0.3 is 6.09 Å². The standard InChI is InChI=1S/C9H11NO2S/c1-9(2)7(12-8(11)10-9)6-4-3-5-13-6/h3-5,7H,1-2H3,(H,10,11). The van der Waals surface area contributed by atoms with Gasteiger partial charge < -0.3 is 10.1 Å². The van der Waals surface area contributed by atoms with Gasteiger partial charge in [0, 0.05) is 4.88 Å². The molecule has 1 aliphatic rings. The maximum Gasteiger partial charge on any atom is 0.408 e. The maximum atomic E-state index is 11.0. The summed E-state index contributed by atoms with van der Waals surface area (Å²) in [6, 6.07) is 3.94. The molecule has 1 fully saturated rings. The molecule has 1 aliphatic heterocycles. The molecule has 1 aromatic heterocycles. The molecule has 13 heavy (non-hydrogen) atoms. The van der Waals surface area contributed by atoms with Crippen molar-refractivity contribution in [3.8, 4) is 0 Å². The largest absolute Gasteiger partial charge is 0.438 e. The summed E-state index contributed by atoms with van der Waals surface area (Å²) in [5.74, 6) is 0. The van der Waals surface area contributed by atoms with E-state index in [1.165, 1.54) is 0 Å². The fourth-order valence-electron chi connectivity index (χ4n) is 1.47. The average Bonchev–Trinajstić information content (AvgIpc) is 2.56. The van der Waals surface area contributed by atoms with Gasteiger partial charge in [-0.15, -0.1) is 11.3 Å². The quantitative estimate of drug-likeness (QED) is 0.750. The van der Waals surface area contributed by atoms with E-state index in [0.717, 1.165) is 4.88 Å². The molecular weight excluding hydrogens is 186 g/mol. The van der Waals surface area contributed by atoms with Crippen LogP contribution in [0.25, 0.3) is 0 Å². The monoisotopic (exact) mass is 197 g/mol. The second-order valence-electron chi connectivity index (χ2n) is 3.65. The van der Waals surface area contributed by atoms with Crippen LogP contribution in [0.1, 0.15) is 24.8 Å². The Bertz CT molecular complexity index is 318. The minimum Gasteiger partial charge on any atom is -0.438 e. The van der Waals surface area contributed by atoms with Crippen LogP contribution in [0.3, 0.4) is 0 Å². The number of hydrogen-bond acceptors (Lipinski definition) is 3. The molecule has 0 bridgehead atoms. The number of ether oxygens (including phenoxy) is 1. The predicted octanol–water partition coefficient (Wildman–Crippen LogP) is 2.31. The molecule has 1 unspecified atom stereocenters. The van der Waals surface area contributed by atoms with Crippen LogP contribution >= 0.6 is 11.3 Å². The highest BCUT2D eigenvalue weighted by molar-refractivity contribution is 7.10. The van der Waals surface area contributed by atoms with Gasteiger partial charge in [-0.25, -0.2) is 4.79 Å². The predicted molar refractivity (Wildman–Crippen MR) is 50.8 cm³/mol. The van der Waals surface area contributed by atoms with E-state index in [9.17, 15) is 4.79 Å². The molecule has 1 N–H and O–H groups in total. The minimum atomic E-state index is -0.330. The third-order valence-electron chi connectivity index (χ3n) is 2.11. The highest BCUT2D eigenvalue weighted by Gasteiger charge is 2.42. The summed E-state index contributed by atoms with van der Waals surface area (Å²) >= 11 is 1.61. The third-order valence-corrected chi connectivity index (χ3v) is 3.02. The number of nitrogens with one attached hydrogen (secondary N) is 1. The van der Waals surface area contributed by atoms with Crippen LogP contribution in [0, 0.1) is 0 Å². The molecule has 1 aromatic rings. The Balaban J connectivity index is 2.30. The van der Waals surface area contributed by atoms with Crippen molar-refractivity contribution in [3.05, 3.63) is 22.4 Å². The summed E-state index contributed by atoms with van der Waals surface area (Å²) in [7, 11) is 0. The number of cyclic esters (lactones) is 1. The summed E-state index contributed by atoms with van der Waals surface area (Å²) in [6.45, 7) is 3.92. The lowest BCUT2D eigenvalue weighted by Gasteiger charge is -2.22. The van der Waals surface area contributed by atoms with Crippen LogP contribution in [0.4, 0.5) is 4.79 Å². The van der Waals surface area contributed by atoms with Crippen molar-refractivity contribution >= 4 is 17.4 Å². The molecule has 1 atom stereocenters. The first-order valence-corrected chi connectivity index (χ1v) is 5.00. The van der Waals surface area contributed by atoms with Gasteiger partial charge in [0.2, 0.25) is 0 Å². The van der Waals surface area contributed by atoms with Crippen LogP contribution in [0.2, 0.25) is 0 Å². The molecule has 0 saturated carbocycles. The van der Waals surface area contributed by atoms with E-state index < -0.39 is 0 Å². The Kier molecular flexibility index (Phi) is 1.80. The lowest BCUT2D eigenvalue weighted by atomic mass is 9.97. The molecule has 0 aromatic carbocycles. The van der Waals surface area contributed by atoms with Crippen LogP contribution in [0.5, 0.6) is 0 Å². The van der Waals surface area contributed by atoms with Crippen LogP contribution in [-0.2, 0) is 4.74 Å². The van der Waals surface area contributed by atoms with E-state index in [-0.39, 0.29) is 17.7 Å². The fraction of sp³-hybridized carbons (Fsp3) is 0.444. The molecule has 2 heterocycles. The molecule has 0 radical (unpaired) electrons. The molecule has 0 spiro atoms. The molecule has 4 heteroatoms. The van der Waals surface area contributed by atoms with Crippen molar-refractivity contribution in [2.75, 3.05) is 0 Å². The van der Waals surface area contributed by atoms with Crippen molar-refractivity contribution in [1.29, 1.82) is 0 Å². The Morgan fingerprint density at radius 3 is 2.85 bits per heavy atom. The minimum absolute atomic E-state index is 0.153. The highest BCUT2D eigenvalue weighted by Crippen LogP contribution is 2.36. The van der Waals surface area contributed by atoms with Crippen molar-refractivity contribution in [3.63, 3.8) is 0 Å². The second-order valence-corrected chi connectivity index (χ2v) is 4.63. The topological polar surface area (TPSA) is 38.3 Å². The Morgan fingerprint density at radius 1 is 1.62 bits per heavy atom. The van der Waals surface area contributed by atoms with Gasteiger partial charge in [-0.05, 0) is 25.3 Å². The van der Waals surface area contributed by atoms with Gasteiger partial charge in [0.15, 0.2) is 6.10 Å². The average molecular weight is 197 g/mol. The molecule has 3 nitrogen and oxygen atoms in total. The van der Waals surface area contributed by atoms with E-state index in [4.69, 9.17) is 4.74 Å². The zero-order chi connectivity index (χ0) is 9.47. The van der Waals surface area contributed by atoms with E-state index in [1.54, 1.807) is 11.3 Å². The smallest absolute Gasteiger partial charge is 0.408 e. The van der Waals surface area contributed by atoms with Gasteiger partial charge in [-0.2, -0.15) is 0 Å². The molecule has 0 aliphatic carbocycles. The van der Waals surface area contributed by atoms with Crippen LogP contribution in [0.15, 0.2) is 17.5 Å². The van der Waals surface area contributed by atoms with E-state index in [0.29, 0.717) is 0 Å². The molecule has 2 rings (SSSR count). The molecular formula is C9H11NO2S. The Morgan fingerprint density at radius 2 is 2.38 bits per heavy atom. The third kappa shape index (κ3) is 1.42. The number of hydrogen-bond donors (Lipinski definition) is 1. The van der Waals surface area contributed by atoms with Crippen molar-refractivity contribution in [2.24, 2.45) is 0 Å². The first kappa shape index (κ1) is 8.56. The fourth-order valence-corrected chi connectivity index (χ4v) is 2.40. The molecule has 70 valence electrons. The number of amides is 1. The SMILES string of the molecule is CC1(C)NC(=O)OC1c1cccs1. The summed E-state index contributed by atoms with van der Waals surface area (Å²) in [6.07, 6.45) is -0.483. The molecule has 1 saturated heterocycles. The Hall–Kier alpha value is -1.03. The van der Waals surface area contributed by atoms with Crippen molar-refractivity contribution in [2.45, 2.75) is 25.5 Å². The number of carbonyl (C=O) groups is 1. The summed E-state index contributed by atoms with van der Waals surface area (Å²) in [5, 5.41) is 4.76. The summed E-state index contributed by atoms with van der Waals surface area (Å²) in [5.41, 5.74) is -0.304. The van der Waals surface area contributed by atoms with Crippen LogP contribution in [-0.4, -0.2) is 11.6 Å². The number of rotatable bonds is 1. The number of alkyl carbamates (subject to hydrolysis) is 1. The maximum absolute atomic E-state index is 11.0. The number of carbonyl (C=O) groups excluding carboxylic acids is 1. The van der Waals surface area contributed by atoms with Gasteiger partial charge in [0.1, 0.15) is 0 Å². The van der Waals surface area contributed by atoms with Gasteiger partial charge in [0.05, 0.1) is 5.54 Å². The van der Waals surface area contributed by atoms with Gasteiger partial charge in [-0.1, -0.05) is 6.07 Å². The normalized spacial score (nSPS) is 25.4. The first-order valence-electron chi connectivity index (χ1n) is 4.12. The zero-order valence-electron chi connectivity index (χ0n) is 7.53. The first-order chi connectivity index (χ1) is 6.09. The highest BCUT2D eigenvalue weighted by atomic mass is 32.1. The summed E-state index contributed by atoms with van der Waals surface area (Å²) in [4.78, 5) is 12.1. The Labute approximate surface area is 80.7 Å². The van der Waals surface area contributed by atoms with Crippen LogP contribution < -0.4 is 5.32 Å². The van der Waals surface area contributed by atoms with Crippen molar-refractivity contribution < 1.29 is 9.53 Å². The van der Waals surface area contributed by atoms with E-state index in [2.05, 4.69) is 5.32 Å². The zero-order valence-corrected chi connectivity index (χ0v) is 8.35. The number of thiophene rings is 1.